The van der Waals surface area contributed by atoms with E-state index in [1.165, 1.54) is 0 Å². The number of aliphatic hydroxyl groups is 1. The third-order valence-corrected chi connectivity index (χ3v) is 2.83. The Morgan fingerprint density at radius 3 is 1.76 bits per heavy atom. The van der Waals surface area contributed by atoms with Gasteiger partial charge in [0.2, 0.25) is 0 Å². The Bertz CT molecular complexity index is 418. The topological polar surface area (TPSA) is 159 Å². The van der Waals surface area contributed by atoms with E-state index in [-0.39, 0.29) is 11.5 Å². The van der Waals surface area contributed by atoms with Crippen LogP contribution < -0.4 is 11.5 Å². The van der Waals surface area contributed by atoms with Crippen molar-refractivity contribution in [2.75, 3.05) is 11.5 Å². The quantitative estimate of drug-likeness (QED) is 0.190. The van der Waals surface area contributed by atoms with Gasteiger partial charge in [0.25, 0.3) is 0 Å². The van der Waals surface area contributed by atoms with Crippen molar-refractivity contribution in [1.29, 1.82) is 0 Å². The van der Waals surface area contributed by atoms with Crippen molar-refractivity contribution in [2.24, 2.45) is 11.5 Å². The monoisotopic (exact) mass is 340 g/mol. The van der Waals surface area contributed by atoms with Crippen molar-refractivity contribution in [2.45, 2.75) is 24.6 Å². The number of rotatable bonds is 7. The van der Waals surface area contributed by atoms with Gasteiger partial charge in [-0.1, -0.05) is 0 Å². The van der Waals surface area contributed by atoms with Crippen LogP contribution in [0, 0.1) is 0 Å². The fraction of sp³-hybridized carbons (Fsp3) is 0.600. The maximum absolute atomic E-state index is 11.3. The molecule has 0 aliphatic rings. The maximum Gasteiger partial charge on any atom is 0.343 e. The lowest BCUT2D eigenvalue weighted by molar-refractivity contribution is -0.171. The Labute approximate surface area is 131 Å². The molecule has 0 rings (SSSR count). The molecule has 0 aliphatic heterocycles. The predicted octanol–water partition coefficient (Wildman–Crippen LogP) is -2.61. The highest BCUT2D eigenvalue weighted by Crippen LogP contribution is 2.01. The summed E-state index contributed by atoms with van der Waals surface area (Å²) in [5.74, 6) is -4.86. The van der Waals surface area contributed by atoms with Crippen molar-refractivity contribution < 1.29 is 33.8 Å². The summed E-state index contributed by atoms with van der Waals surface area (Å²) in [5.41, 5.74) is 10.5. The molecular formula is C10H16N2O7S2. The standard InChI is InChI=1S/C10H16N2O7S2/c11-4(2-20)8(15)18-7(14)1-6(13)10(17)19-9(16)5(12)3-21/h4-6,13,20-21H,1-3,11-12H2/t4-,5-,6?/m0/s1. The lowest BCUT2D eigenvalue weighted by Crippen LogP contribution is -2.39. The van der Waals surface area contributed by atoms with Gasteiger partial charge in [0.15, 0.2) is 6.10 Å². The van der Waals surface area contributed by atoms with Gasteiger partial charge in [0.1, 0.15) is 12.1 Å². The molecule has 9 nitrogen and oxygen atoms in total. The number of hydrogen-bond acceptors (Lipinski definition) is 11. The van der Waals surface area contributed by atoms with Gasteiger partial charge in [-0.2, -0.15) is 25.3 Å². The summed E-state index contributed by atoms with van der Waals surface area (Å²) in [7, 11) is 0. The summed E-state index contributed by atoms with van der Waals surface area (Å²) in [4.78, 5) is 44.8. The fourth-order valence-electron chi connectivity index (χ4n) is 0.863. The maximum atomic E-state index is 11.3. The Morgan fingerprint density at radius 2 is 1.33 bits per heavy atom. The second-order valence-electron chi connectivity index (χ2n) is 3.83. The summed E-state index contributed by atoms with van der Waals surface area (Å²) in [6.07, 6.45) is -2.86. The van der Waals surface area contributed by atoms with E-state index in [4.69, 9.17) is 11.5 Å². The summed E-state index contributed by atoms with van der Waals surface area (Å²) in [5, 5.41) is 9.36. The molecule has 0 heterocycles. The molecule has 0 aliphatic carbocycles. The molecule has 1 unspecified atom stereocenters. The lowest BCUT2D eigenvalue weighted by atomic mass is 10.2. The highest BCUT2D eigenvalue weighted by atomic mass is 32.1. The van der Waals surface area contributed by atoms with Crippen molar-refractivity contribution in [3.63, 3.8) is 0 Å². The molecule has 11 heteroatoms. The van der Waals surface area contributed by atoms with Crippen molar-refractivity contribution in [1.82, 2.24) is 0 Å². The molecule has 0 amide bonds. The third-order valence-electron chi connectivity index (χ3n) is 2.05. The van der Waals surface area contributed by atoms with E-state index in [1.807, 2.05) is 0 Å². The molecule has 21 heavy (non-hydrogen) atoms. The van der Waals surface area contributed by atoms with E-state index in [0.29, 0.717) is 0 Å². The molecule has 5 N–H and O–H groups in total. The Morgan fingerprint density at radius 1 is 0.905 bits per heavy atom. The van der Waals surface area contributed by atoms with Crippen LogP contribution in [-0.4, -0.2) is 58.7 Å². The summed E-state index contributed by atoms with van der Waals surface area (Å²) in [6.45, 7) is 0. The number of hydrogen-bond donors (Lipinski definition) is 5. The van der Waals surface area contributed by atoms with Crippen molar-refractivity contribution in [3.05, 3.63) is 0 Å². The number of esters is 4. The van der Waals surface area contributed by atoms with Crippen LogP contribution in [0.3, 0.4) is 0 Å². The molecule has 0 saturated carbocycles. The number of ether oxygens (including phenoxy) is 2. The van der Waals surface area contributed by atoms with Gasteiger partial charge in [-0.05, 0) is 0 Å². The Hall–Kier alpha value is -1.14. The number of nitrogens with two attached hydrogens (primary N) is 2. The largest absolute Gasteiger partial charge is 0.392 e. The van der Waals surface area contributed by atoms with E-state index in [9.17, 15) is 24.3 Å². The predicted molar refractivity (Wildman–Crippen MR) is 76.5 cm³/mol. The fourth-order valence-corrected chi connectivity index (χ4v) is 1.16. The van der Waals surface area contributed by atoms with Gasteiger partial charge in [-0.15, -0.1) is 0 Å². The smallest absolute Gasteiger partial charge is 0.343 e. The van der Waals surface area contributed by atoms with Crippen molar-refractivity contribution >= 4 is 49.1 Å². The number of aliphatic hydroxyl groups excluding tert-OH is 1. The zero-order valence-electron chi connectivity index (χ0n) is 10.8. The average molecular weight is 340 g/mol. The first kappa shape index (κ1) is 19.9. The minimum absolute atomic E-state index is 0.0488. The molecule has 0 saturated heterocycles. The highest BCUT2D eigenvalue weighted by Gasteiger charge is 2.27. The van der Waals surface area contributed by atoms with E-state index < -0.39 is 48.5 Å². The van der Waals surface area contributed by atoms with Gasteiger partial charge < -0.3 is 26.0 Å². The van der Waals surface area contributed by atoms with Crippen molar-refractivity contribution in [3.8, 4) is 0 Å². The van der Waals surface area contributed by atoms with Gasteiger partial charge in [0, 0.05) is 11.5 Å². The Kier molecular flexibility index (Phi) is 9.21. The van der Waals surface area contributed by atoms with Crippen LogP contribution in [0.4, 0.5) is 0 Å². The molecule has 0 spiro atoms. The van der Waals surface area contributed by atoms with E-state index in [0.717, 1.165) is 0 Å². The average Bonchev–Trinajstić information content (AvgIpc) is 2.44. The van der Waals surface area contributed by atoms with E-state index in [1.54, 1.807) is 0 Å². The third kappa shape index (κ3) is 7.43. The SMILES string of the molecule is N[C@@H](CS)C(=O)OC(=O)CC(O)C(=O)OC(=O)[C@@H](N)CS. The molecule has 0 fully saturated rings. The number of carbonyl (C=O) groups excluding carboxylic acids is 4. The highest BCUT2D eigenvalue weighted by molar-refractivity contribution is 7.80. The molecule has 3 atom stereocenters. The normalized spacial score (nSPS) is 14.7. The first-order valence-electron chi connectivity index (χ1n) is 5.63. The van der Waals surface area contributed by atoms with Gasteiger partial charge >= 0.3 is 23.9 Å². The van der Waals surface area contributed by atoms with Crippen LogP contribution in [0.1, 0.15) is 6.42 Å². The minimum Gasteiger partial charge on any atom is -0.392 e. The second kappa shape index (κ2) is 9.73. The molecule has 0 radical (unpaired) electrons. The molecule has 0 aromatic rings. The number of carbonyl (C=O) groups is 4. The second-order valence-corrected chi connectivity index (χ2v) is 4.56. The van der Waals surface area contributed by atoms with Gasteiger partial charge in [-0.3, -0.25) is 4.79 Å². The minimum atomic E-state index is -1.98. The summed E-state index contributed by atoms with van der Waals surface area (Å²) < 4.78 is 8.46. The first-order chi connectivity index (χ1) is 9.72. The van der Waals surface area contributed by atoms with Crippen LogP contribution in [0.5, 0.6) is 0 Å². The molecule has 0 aromatic carbocycles. The van der Waals surface area contributed by atoms with E-state index >= 15 is 0 Å². The van der Waals surface area contributed by atoms with Crippen LogP contribution in [-0.2, 0) is 28.7 Å². The van der Waals surface area contributed by atoms with Crippen LogP contribution in [0.25, 0.3) is 0 Å². The van der Waals surface area contributed by atoms with Crippen LogP contribution >= 0.6 is 25.3 Å². The molecule has 0 aromatic heterocycles. The van der Waals surface area contributed by atoms with Gasteiger partial charge in [-0.25, -0.2) is 14.4 Å². The van der Waals surface area contributed by atoms with E-state index in [2.05, 4.69) is 34.7 Å². The molecule has 0 bridgehead atoms. The zero-order valence-corrected chi connectivity index (χ0v) is 12.6. The van der Waals surface area contributed by atoms with Gasteiger partial charge in [0.05, 0.1) is 6.42 Å². The molecular weight excluding hydrogens is 324 g/mol. The first-order valence-corrected chi connectivity index (χ1v) is 6.90. The lowest BCUT2D eigenvalue weighted by Gasteiger charge is -2.12. The Balaban J connectivity index is 4.32. The molecule has 120 valence electrons. The zero-order chi connectivity index (χ0) is 16.6. The van der Waals surface area contributed by atoms with Crippen LogP contribution in [0.2, 0.25) is 0 Å². The number of thiol groups is 2. The van der Waals surface area contributed by atoms with Crippen LogP contribution in [0.15, 0.2) is 0 Å². The summed E-state index contributed by atoms with van der Waals surface area (Å²) >= 11 is 7.45. The summed E-state index contributed by atoms with van der Waals surface area (Å²) in [6, 6.07) is -2.26.